The van der Waals surface area contributed by atoms with Gasteiger partial charge in [0.25, 0.3) is 0 Å². The van der Waals surface area contributed by atoms with E-state index in [4.69, 9.17) is 23.2 Å². The van der Waals surface area contributed by atoms with Crippen molar-refractivity contribution in [2.45, 2.75) is 25.8 Å². The third kappa shape index (κ3) is 5.60. The topological polar surface area (TPSA) is 86.7 Å². The summed E-state index contributed by atoms with van der Waals surface area (Å²) >= 11 is 12.4. The van der Waals surface area contributed by atoms with Crippen LogP contribution in [0.5, 0.6) is 0 Å². The van der Waals surface area contributed by atoms with Crippen molar-refractivity contribution < 1.29 is 19.5 Å². The Balaban J connectivity index is 1.83. The molecule has 35 heavy (non-hydrogen) atoms. The van der Waals surface area contributed by atoms with Gasteiger partial charge < -0.3 is 15.3 Å². The van der Waals surface area contributed by atoms with Crippen LogP contribution in [0.25, 0.3) is 0 Å². The number of anilines is 1. The molecule has 0 radical (unpaired) electrons. The van der Waals surface area contributed by atoms with E-state index in [2.05, 4.69) is 5.32 Å². The SMILES string of the molecule is Cc1ccccc1[C@@H]1[C@@H](C(=O)Nc2cccc(Cl)c2)C([C@@H]2C=C(Cl)C=CC2)CC(=O)N1CC(=O)O. The molecule has 2 N–H and O–H groups in total. The molecule has 1 aliphatic carbocycles. The summed E-state index contributed by atoms with van der Waals surface area (Å²) in [5.74, 6) is -2.97. The number of likely N-dealkylation sites (tertiary alicyclic amines) is 1. The fourth-order valence-electron chi connectivity index (χ4n) is 5.15. The van der Waals surface area contributed by atoms with Crippen LogP contribution < -0.4 is 5.32 Å². The fourth-order valence-corrected chi connectivity index (χ4v) is 5.59. The van der Waals surface area contributed by atoms with Crippen LogP contribution >= 0.6 is 23.2 Å². The standard InChI is InChI=1S/C27H26Cl2N2O4/c1-16-6-2-3-11-21(16)26-25(27(35)30-20-10-5-9-19(29)13-20)22(17-7-4-8-18(28)12-17)14-23(32)31(26)15-24(33)34/h2-6,8-13,17,22,25-26H,7,14-15H2,1H3,(H,30,35)(H,33,34)/t17-,22?,25-,26+/m0/s1. The Hall–Kier alpha value is -3.09. The largest absolute Gasteiger partial charge is 0.480 e. The van der Waals surface area contributed by atoms with Crippen molar-refractivity contribution in [2.75, 3.05) is 11.9 Å². The number of rotatable bonds is 6. The van der Waals surface area contributed by atoms with Gasteiger partial charge in [-0.15, -0.1) is 0 Å². The van der Waals surface area contributed by atoms with Gasteiger partial charge in [-0.1, -0.05) is 65.7 Å². The zero-order chi connectivity index (χ0) is 25.1. The minimum absolute atomic E-state index is 0.0441. The minimum atomic E-state index is -1.13. The van der Waals surface area contributed by atoms with E-state index < -0.39 is 24.5 Å². The number of nitrogens with zero attached hydrogens (tertiary/aromatic N) is 1. The quantitative estimate of drug-likeness (QED) is 0.529. The van der Waals surface area contributed by atoms with Crippen LogP contribution in [0.4, 0.5) is 5.69 Å². The predicted octanol–water partition coefficient (Wildman–Crippen LogP) is 5.58. The van der Waals surface area contributed by atoms with Crippen LogP contribution in [0, 0.1) is 24.7 Å². The van der Waals surface area contributed by atoms with Gasteiger partial charge >= 0.3 is 5.97 Å². The monoisotopic (exact) mass is 512 g/mol. The number of carbonyl (C=O) groups excluding carboxylic acids is 2. The van der Waals surface area contributed by atoms with Crippen LogP contribution in [0.2, 0.25) is 5.02 Å². The highest BCUT2D eigenvalue weighted by Gasteiger charge is 2.49. The fraction of sp³-hybridized carbons (Fsp3) is 0.296. The Bertz CT molecular complexity index is 1210. The molecule has 1 saturated heterocycles. The van der Waals surface area contributed by atoms with E-state index in [1.807, 2.05) is 43.3 Å². The average molecular weight is 513 g/mol. The molecule has 0 spiro atoms. The second kappa shape index (κ2) is 10.7. The molecule has 2 aromatic rings. The molecule has 1 heterocycles. The first kappa shape index (κ1) is 25.0. The van der Waals surface area contributed by atoms with E-state index in [-0.39, 0.29) is 30.1 Å². The molecule has 1 fully saturated rings. The normalized spacial score (nSPS) is 24.1. The van der Waals surface area contributed by atoms with Crippen molar-refractivity contribution in [1.82, 2.24) is 4.90 Å². The molecule has 8 heteroatoms. The molecule has 2 aromatic carbocycles. The second-order valence-corrected chi connectivity index (χ2v) is 9.84. The van der Waals surface area contributed by atoms with Gasteiger partial charge in [-0.3, -0.25) is 14.4 Å². The Kier molecular flexibility index (Phi) is 7.63. The van der Waals surface area contributed by atoms with E-state index in [0.29, 0.717) is 22.2 Å². The first-order valence-corrected chi connectivity index (χ1v) is 12.2. The number of hydrogen-bond acceptors (Lipinski definition) is 3. The van der Waals surface area contributed by atoms with Crippen LogP contribution in [0.3, 0.4) is 0 Å². The Morgan fingerprint density at radius 3 is 2.60 bits per heavy atom. The number of aryl methyl sites for hydroxylation is 1. The lowest BCUT2D eigenvalue weighted by molar-refractivity contribution is -0.155. The van der Waals surface area contributed by atoms with E-state index in [9.17, 15) is 19.5 Å². The first-order valence-electron chi connectivity index (χ1n) is 11.4. The van der Waals surface area contributed by atoms with Crippen LogP contribution in [0.15, 0.2) is 71.8 Å². The number of carboxylic acid groups (broad SMARTS) is 1. The zero-order valence-electron chi connectivity index (χ0n) is 19.2. The lowest BCUT2D eigenvalue weighted by Crippen LogP contribution is -2.53. The van der Waals surface area contributed by atoms with Gasteiger partial charge in [0.05, 0.1) is 12.0 Å². The van der Waals surface area contributed by atoms with Gasteiger partial charge in [0, 0.05) is 22.2 Å². The summed E-state index contributed by atoms with van der Waals surface area (Å²) in [6.45, 7) is 1.40. The lowest BCUT2D eigenvalue weighted by Gasteiger charge is -2.46. The summed E-state index contributed by atoms with van der Waals surface area (Å²) in [6.07, 6.45) is 6.31. The summed E-state index contributed by atoms with van der Waals surface area (Å²) < 4.78 is 0. The highest BCUT2D eigenvalue weighted by Crippen LogP contribution is 2.46. The summed E-state index contributed by atoms with van der Waals surface area (Å²) in [5, 5.41) is 13.6. The summed E-state index contributed by atoms with van der Waals surface area (Å²) in [6, 6.07) is 13.6. The third-order valence-corrected chi connectivity index (χ3v) is 7.17. The van der Waals surface area contributed by atoms with Crippen LogP contribution in [-0.4, -0.2) is 34.3 Å². The number of piperidine rings is 1. The molecule has 4 rings (SSSR count). The average Bonchev–Trinajstić information content (AvgIpc) is 2.80. The van der Waals surface area contributed by atoms with Crippen molar-refractivity contribution in [1.29, 1.82) is 0 Å². The Morgan fingerprint density at radius 1 is 1.14 bits per heavy atom. The van der Waals surface area contributed by atoms with Crippen molar-refractivity contribution in [2.24, 2.45) is 17.8 Å². The third-order valence-electron chi connectivity index (χ3n) is 6.68. The van der Waals surface area contributed by atoms with Crippen molar-refractivity contribution >= 4 is 46.7 Å². The van der Waals surface area contributed by atoms with Crippen molar-refractivity contribution in [3.8, 4) is 0 Å². The summed E-state index contributed by atoms with van der Waals surface area (Å²) in [7, 11) is 0. The molecule has 0 aromatic heterocycles. The van der Waals surface area contributed by atoms with Gasteiger partial charge in [0.2, 0.25) is 11.8 Å². The molecule has 2 aliphatic rings. The zero-order valence-corrected chi connectivity index (χ0v) is 20.7. The van der Waals surface area contributed by atoms with Crippen LogP contribution in [-0.2, 0) is 14.4 Å². The van der Waals surface area contributed by atoms with E-state index in [0.717, 1.165) is 11.1 Å². The van der Waals surface area contributed by atoms with E-state index >= 15 is 0 Å². The minimum Gasteiger partial charge on any atom is -0.480 e. The molecule has 0 bridgehead atoms. The highest BCUT2D eigenvalue weighted by molar-refractivity contribution is 6.31. The van der Waals surface area contributed by atoms with Gasteiger partial charge in [-0.05, 0) is 60.6 Å². The number of carboxylic acids is 1. The second-order valence-electron chi connectivity index (χ2n) is 8.96. The number of halogens is 2. The van der Waals surface area contributed by atoms with Gasteiger partial charge in [-0.25, -0.2) is 0 Å². The maximum atomic E-state index is 13.9. The van der Waals surface area contributed by atoms with Crippen LogP contribution in [0.1, 0.15) is 30.0 Å². The number of carbonyl (C=O) groups is 3. The molecular formula is C27H26Cl2N2O4. The van der Waals surface area contributed by atoms with Gasteiger partial charge in [-0.2, -0.15) is 0 Å². The number of hydrogen-bond donors (Lipinski definition) is 2. The Morgan fingerprint density at radius 2 is 1.91 bits per heavy atom. The number of nitrogens with one attached hydrogen (secondary N) is 1. The highest BCUT2D eigenvalue weighted by atomic mass is 35.5. The first-order chi connectivity index (χ1) is 16.7. The maximum Gasteiger partial charge on any atom is 0.323 e. The molecule has 182 valence electrons. The number of allylic oxidation sites excluding steroid dienone is 4. The number of benzene rings is 2. The summed E-state index contributed by atoms with van der Waals surface area (Å²) in [4.78, 5) is 40.4. The molecule has 4 atom stereocenters. The molecule has 0 saturated carbocycles. The maximum absolute atomic E-state index is 13.9. The molecular weight excluding hydrogens is 487 g/mol. The van der Waals surface area contributed by atoms with E-state index in [1.54, 1.807) is 30.3 Å². The lowest BCUT2D eigenvalue weighted by atomic mass is 9.68. The van der Waals surface area contributed by atoms with Crippen molar-refractivity contribution in [3.05, 3.63) is 87.9 Å². The molecule has 1 aliphatic heterocycles. The number of aliphatic carboxylic acids is 1. The molecule has 1 unspecified atom stereocenters. The summed E-state index contributed by atoms with van der Waals surface area (Å²) in [5.41, 5.74) is 2.15. The predicted molar refractivity (Wildman–Crippen MR) is 136 cm³/mol. The van der Waals surface area contributed by atoms with Crippen molar-refractivity contribution in [3.63, 3.8) is 0 Å². The number of amides is 2. The van der Waals surface area contributed by atoms with E-state index in [1.165, 1.54) is 4.90 Å². The Labute approximate surface area is 214 Å². The van der Waals surface area contributed by atoms with Gasteiger partial charge in [0.1, 0.15) is 6.54 Å². The smallest absolute Gasteiger partial charge is 0.323 e. The van der Waals surface area contributed by atoms with Gasteiger partial charge in [0.15, 0.2) is 0 Å². The molecule has 2 amide bonds. The molecule has 6 nitrogen and oxygen atoms in total.